The highest BCUT2D eigenvalue weighted by Crippen LogP contribution is 2.25. The first-order valence-corrected chi connectivity index (χ1v) is 5.05. The Balaban J connectivity index is 2.33. The van der Waals surface area contributed by atoms with Crippen molar-refractivity contribution in [2.24, 2.45) is 0 Å². The van der Waals surface area contributed by atoms with E-state index in [0.717, 1.165) is 6.20 Å². The van der Waals surface area contributed by atoms with E-state index in [-0.39, 0.29) is 12.5 Å². The van der Waals surface area contributed by atoms with Crippen LogP contribution in [0.1, 0.15) is 11.3 Å². The molecule has 1 N–H and O–H groups in total. The molecule has 0 amide bonds. The highest BCUT2D eigenvalue weighted by atomic mass is 19.1. The van der Waals surface area contributed by atoms with Gasteiger partial charge in [-0.2, -0.15) is 0 Å². The molecular weight excluding hydrogens is 223 g/mol. The Hall–Kier alpha value is -2.01. The van der Waals surface area contributed by atoms with Crippen molar-refractivity contribution in [3.8, 4) is 11.6 Å². The number of hydrogen-bond donors (Lipinski definition) is 1. The second kappa shape index (κ2) is 4.88. The van der Waals surface area contributed by atoms with Crippen LogP contribution in [0.15, 0.2) is 30.6 Å². The fourth-order valence-electron chi connectivity index (χ4n) is 1.36. The van der Waals surface area contributed by atoms with Crippen molar-refractivity contribution < 1.29 is 14.2 Å². The Morgan fingerprint density at radius 3 is 2.94 bits per heavy atom. The maximum absolute atomic E-state index is 12.9. The molecule has 5 heteroatoms. The largest absolute Gasteiger partial charge is 0.437 e. The number of halogens is 1. The quantitative estimate of drug-likeness (QED) is 0.884. The van der Waals surface area contributed by atoms with Gasteiger partial charge in [0.15, 0.2) is 5.75 Å². The van der Waals surface area contributed by atoms with Crippen molar-refractivity contribution >= 4 is 0 Å². The summed E-state index contributed by atoms with van der Waals surface area (Å²) in [5, 5.41) is 9.09. The predicted molar refractivity (Wildman–Crippen MR) is 59.2 cm³/mol. The number of hydrogen-bond acceptors (Lipinski definition) is 4. The molecule has 4 nitrogen and oxygen atoms in total. The van der Waals surface area contributed by atoms with Crippen molar-refractivity contribution in [1.82, 2.24) is 9.97 Å². The van der Waals surface area contributed by atoms with Crippen molar-refractivity contribution in [1.29, 1.82) is 0 Å². The van der Waals surface area contributed by atoms with Gasteiger partial charge < -0.3 is 9.84 Å². The lowest BCUT2D eigenvalue weighted by atomic mass is 10.3. The van der Waals surface area contributed by atoms with Gasteiger partial charge in [0, 0.05) is 11.8 Å². The summed E-state index contributed by atoms with van der Waals surface area (Å²) in [4.78, 5) is 7.86. The average Bonchev–Trinajstić information content (AvgIpc) is 2.34. The molecule has 0 saturated carbocycles. The molecular formula is C12H11FN2O2. The summed E-state index contributed by atoms with van der Waals surface area (Å²) in [6, 6.07) is 4.65. The van der Waals surface area contributed by atoms with E-state index in [0.29, 0.717) is 17.0 Å². The maximum Gasteiger partial charge on any atom is 0.225 e. The van der Waals surface area contributed by atoms with Gasteiger partial charge in [0.25, 0.3) is 0 Å². The van der Waals surface area contributed by atoms with Crippen LogP contribution in [0.25, 0.3) is 0 Å². The lowest BCUT2D eigenvalue weighted by Crippen LogP contribution is -1.97. The average molecular weight is 234 g/mol. The minimum absolute atomic E-state index is 0.185. The lowest BCUT2D eigenvalue weighted by Gasteiger charge is -2.09. The fraction of sp³-hybridized carbons (Fsp3) is 0.167. The molecule has 2 rings (SSSR count). The zero-order valence-electron chi connectivity index (χ0n) is 9.22. The molecule has 0 atom stereocenters. The molecule has 0 aliphatic heterocycles. The van der Waals surface area contributed by atoms with Crippen molar-refractivity contribution in [2.45, 2.75) is 13.5 Å². The van der Waals surface area contributed by atoms with Crippen LogP contribution in [0.2, 0.25) is 0 Å². The molecule has 0 saturated heterocycles. The first kappa shape index (κ1) is 11.5. The van der Waals surface area contributed by atoms with Crippen LogP contribution in [0.5, 0.6) is 11.6 Å². The Kier molecular flexibility index (Phi) is 3.30. The molecule has 17 heavy (non-hydrogen) atoms. The Labute approximate surface area is 97.7 Å². The molecule has 0 radical (unpaired) electrons. The van der Waals surface area contributed by atoms with Crippen molar-refractivity contribution in [3.63, 3.8) is 0 Å². The van der Waals surface area contributed by atoms with E-state index < -0.39 is 5.82 Å². The van der Waals surface area contributed by atoms with Crippen LogP contribution >= 0.6 is 0 Å². The van der Waals surface area contributed by atoms with E-state index in [9.17, 15) is 4.39 Å². The molecule has 0 aliphatic rings. The topological polar surface area (TPSA) is 55.2 Å². The van der Waals surface area contributed by atoms with Crippen LogP contribution < -0.4 is 4.74 Å². The van der Waals surface area contributed by atoms with Crippen molar-refractivity contribution in [3.05, 3.63) is 47.7 Å². The lowest BCUT2D eigenvalue weighted by molar-refractivity contribution is 0.274. The minimum atomic E-state index is -0.510. The highest BCUT2D eigenvalue weighted by molar-refractivity contribution is 5.33. The molecule has 2 aromatic heterocycles. The van der Waals surface area contributed by atoms with E-state index in [1.54, 1.807) is 25.3 Å². The maximum atomic E-state index is 12.9. The normalized spacial score (nSPS) is 10.3. The Morgan fingerprint density at radius 1 is 1.41 bits per heavy atom. The Bertz CT molecular complexity index is 532. The molecule has 0 bridgehead atoms. The molecule has 0 unspecified atom stereocenters. The van der Waals surface area contributed by atoms with Gasteiger partial charge in [0.1, 0.15) is 5.82 Å². The summed E-state index contributed by atoms with van der Waals surface area (Å²) in [6.07, 6.45) is 2.69. The van der Waals surface area contributed by atoms with E-state index in [4.69, 9.17) is 9.84 Å². The van der Waals surface area contributed by atoms with Gasteiger partial charge in [-0.3, -0.25) is 4.98 Å². The fourth-order valence-corrected chi connectivity index (χ4v) is 1.36. The summed E-state index contributed by atoms with van der Waals surface area (Å²) in [6.45, 7) is 1.46. The van der Waals surface area contributed by atoms with E-state index >= 15 is 0 Å². The van der Waals surface area contributed by atoms with Crippen molar-refractivity contribution in [2.75, 3.05) is 0 Å². The molecule has 0 fully saturated rings. The molecule has 2 heterocycles. The molecule has 0 aliphatic carbocycles. The van der Waals surface area contributed by atoms with Crippen LogP contribution in [-0.2, 0) is 6.61 Å². The third-order valence-electron chi connectivity index (χ3n) is 2.23. The van der Waals surface area contributed by atoms with E-state index in [1.807, 2.05) is 0 Å². The number of aryl methyl sites for hydroxylation is 1. The SMILES string of the molecule is Cc1ncccc1Oc1ncc(F)cc1CO. The zero-order valence-corrected chi connectivity index (χ0v) is 9.22. The first-order chi connectivity index (χ1) is 8.20. The summed E-state index contributed by atoms with van der Waals surface area (Å²) in [5.74, 6) is 0.204. The number of rotatable bonds is 3. The summed E-state index contributed by atoms with van der Waals surface area (Å²) in [7, 11) is 0. The standard InChI is InChI=1S/C12H11FN2O2/c1-8-11(3-2-4-14-8)17-12-9(7-16)5-10(13)6-15-12/h2-6,16H,7H2,1H3. The van der Waals surface area contributed by atoms with Crippen LogP contribution in [0.3, 0.4) is 0 Å². The van der Waals surface area contributed by atoms with Gasteiger partial charge in [-0.1, -0.05) is 0 Å². The third-order valence-corrected chi connectivity index (χ3v) is 2.23. The van der Waals surface area contributed by atoms with Gasteiger partial charge in [-0.05, 0) is 25.1 Å². The number of aromatic nitrogens is 2. The van der Waals surface area contributed by atoms with Gasteiger partial charge in [0.2, 0.25) is 5.88 Å². The number of ether oxygens (including phenoxy) is 1. The van der Waals surface area contributed by atoms with E-state index in [2.05, 4.69) is 9.97 Å². The Morgan fingerprint density at radius 2 is 2.24 bits per heavy atom. The number of aliphatic hydroxyl groups is 1. The number of pyridine rings is 2. The summed E-state index contributed by atoms with van der Waals surface area (Å²) >= 11 is 0. The molecule has 0 aromatic carbocycles. The van der Waals surface area contributed by atoms with Crippen LogP contribution in [-0.4, -0.2) is 15.1 Å². The second-order valence-corrected chi connectivity index (χ2v) is 3.46. The number of nitrogens with zero attached hydrogens (tertiary/aromatic N) is 2. The predicted octanol–water partition coefficient (Wildman–Crippen LogP) is 2.21. The van der Waals surface area contributed by atoms with Gasteiger partial charge in [-0.25, -0.2) is 9.37 Å². The molecule has 0 spiro atoms. The minimum Gasteiger partial charge on any atom is -0.437 e. The van der Waals surface area contributed by atoms with E-state index in [1.165, 1.54) is 6.07 Å². The van der Waals surface area contributed by atoms with Gasteiger partial charge in [0.05, 0.1) is 18.5 Å². The van der Waals surface area contributed by atoms with Gasteiger partial charge in [-0.15, -0.1) is 0 Å². The zero-order chi connectivity index (χ0) is 12.3. The summed E-state index contributed by atoms with van der Waals surface area (Å²) in [5.41, 5.74) is 0.996. The highest BCUT2D eigenvalue weighted by Gasteiger charge is 2.09. The monoisotopic (exact) mass is 234 g/mol. The summed E-state index contributed by atoms with van der Waals surface area (Å²) < 4.78 is 18.4. The molecule has 2 aromatic rings. The third kappa shape index (κ3) is 2.57. The van der Waals surface area contributed by atoms with Crippen LogP contribution in [0.4, 0.5) is 4.39 Å². The smallest absolute Gasteiger partial charge is 0.225 e. The first-order valence-electron chi connectivity index (χ1n) is 5.05. The second-order valence-electron chi connectivity index (χ2n) is 3.46. The van der Waals surface area contributed by atoms with Crippen LogP contribution in [0, 0.1) is 12.7 Å². The molecule has 88 valence electrons. The van der Waals surface area contributed by atoms with Gasteiger partial charge >= 0.3 is 0 Å². The number of aliphatic hydroxyl groups excluding tert-OH is 1.